The Balaban J connectivity index is 0.00000312. The summed E-state index contributed by atoms with van der Waals surface area (Å²) in [5.41, 5.74) is 1.85. The molecule has 0 saturated carbocycles. The molecule has 25 heavy (non-hydrogen) atoms. The molecule has 2 aromatic carbocycles. The van der Waals surface area contributed by atoms with Crippen LogP contribution >= 0.6 is 12.4 Å². The fraction of sp³-hybridized carbons (Fsp3) is 0.263. The quantitative estimate of drug-likeness (QED) is 0.704. The molecule has 0 saturated heterocycles. The molecule has 2 rings (SSSR count). The second-order valence-electron chi connectivity index (χ2n) is 5.88. The van der Waals surface area contributed by atoms with Crippen molar-refractivity contribution in [1.29, 1.82) is 0 Å². The summed E-state index contributed by atoms with van der Waals surface area (Å²) < 4.78 is 27.0. The van der Waals surface area contributed by atoms with Gasteiger partial charge in [0.15, 0.2) is 0 Å². The molecular formula is C19H25ClN2O2S. The molecule has 136 valence electrons. The van der Waals surface area contributed by atoms with Crippen LogP contribution in [0.25, 0.3) is 6.08 Å². The molecule has 0 aliphatic rings. The summed E-state index contributed by atoms with van der Waals surface area (Å²) in [5.74, 6) is 0. The van der Waals surface area contributed by atoms with E-state index < -0.39 is 10.0 Å². The highest BCUT2D eigenvalue weighted by molar-refractivity contribution is 7.92. The van der Waals surface area contributed by atoms with Crippen molar-refractivity contribution in [3.63, 3.8) is 0 Å². The van der Waals surface area contributed by atoms with Gasteiger partial charge in [0.25, 0.3) is 0 Å². The molecule has 6 heteroatoms. The maximum absolute atomic E-state index is 12.7. The Morgan fingerprint density at radius 3 is 2.00 bits per heavy atom. The van der Waals surface area contributed by atoms with Gasteiger partial charge >= 0.3 is 0 Å². The van der Waals surface area contributed by atoms with Crippen molar-refractivity contribution in [2.45, 2.75) is 6.54 Å². The highest BCUT2D eigenvalue weighted by Crippen LogP contribution is 2.13. The smallest absolute Gasteiger partial charge is 0.236 e. The van der Waals surface area contributed by atoms with Crippen LogP contribution in [-0.4, -0.2) is 44.8 Å². The van der Waals surface area contributed by atoms with Gasteiger partial charge < -0.3 is 4.90 Å². The van der Waals surface area contributed by atoms with Crippen molar-refractivity contribution in [2.24, 2.45) is 0 Å². The minimum absolute atomic E-state index is 0. The Kier molecular flexibility index (Phi) is 8.86. The molecule has 0 bridgehead atoms. The first-order chi connectivity index (χ1) is 11.5. The number of hydrogen-bond donors (Lipinski definition) is 0. The van der Waals surface area contributed by atoms with E-state index in [9.17, 15) is 8.42 Å². The topological polar surface area (TPSA) is 40.6 Å². The first-order valence-corrected chi connectivity index (χ1v) is 9.39. The summed E-state index contributed by atoms with van der Waals surface area (Å²) in [6.45, 7) is 1.49. The van der Waals surface area contributed by atoms with Crippen molar-refractivity contribution in [3.8, 4) is 0 Å². The van der Waals surface area contributed by atoms with Crippen molar-refractivity contribution in [1.82, 2.24) is 9.21 Å². The second-order valence-corrected chi connectivity index (χ2v) is 7.70. The number of rotatable bonds is 8. The van der Waals surface area contributed by atoms with Gasteiger partial charge in [-0.05, 0) is 31.3 Å². The molecule has 0 aromatic heterocycles. The molecule has 0 N–H and O–H groups in total. The van der Waals surface area contributed by atoms with Crippen molar-refractivity contribution < 1.29 is 8.42 Å². The number of likely N-dealkylation sites (N-methyl/N-ethyl adjacent to an activating group) is 1. The van der Waals surface area contributed by atoms with Crippen molar-refractivity contribution >= 4 is 28.5 Å². The zero-order valence-corrected chi connectivity index (χ0v) is 16.2. The average molecular weight is 381 g/mol. The Bertz CT molecular complexity index is 748. The zero-order valence-electron chi connectivity index (χ0n) is 14.6. The molecule has 0 aliphatic carbocycles. The monoisotopic (exact) mass is 380 g/mol. The van der Waals surface area contributed by atoms with Crippen LogP contribution in [0, 0.1) is 0 Å². The standard InChI is InChI=1S/C19H24N2O2S.ClH/c1-20(2)14-15-21(17-19-11-7-4-8-12-19)24(22,23)16-13-18-9-5-3-6-10-18;/h3-13,16H,14-15,17H2,1-2H3;1H/b16-13+;. The third-order valence-corrected chi connectivity index (χ3v) is 5.10. The van der Waals surface area contributed by atoms with Crippen LogP contribution in [0.5, 0.6) is 0 Å². The highest BCUT2D eigenvalue weighted by Gasteiger charge is 2.19. The van der Waals surface area contributed by atoms with E-state index >= 15 is 0 Å². The third-order valence-electron chi connectivity index (χ3n) is 3.59. The number of hydrogen-bond acceptors (Lipinski definition) is 3. The molecule has 0 radical (unpaired) electrons. The van der Waals surface area contributed by atoms with E-state index in [2.05, 4.69) is 0 Å². The molecule has 0 aliphatic heterocycles. The molecule has 4 nitrogen and oxygen atoms in total. The van der Waals surface area contributed by atoms with Crippen LogP contribution in [0.2, 0.25) is 0 Å². The van der Waals surface area contributed by atoms with Gasteiger partial charge in [-0.1, -0.05) is 60.7 Å². The second kappa shape index (κ2) is 10.4. The maximum atomic E-state index is 12.7. The Morgan fingerprint density at radius 1 is 0.880 bits per heavy atom. The average Bonchev–Trinajstić information content (AvgIpc) is 2.58. The molecule has 0 atom stereocenters. The molecule has 0 fully saturated rings. The van der Waals surface area contributed by atoms with Crippen LogP contribution in [0.1, 0.15) is 11.1 Å². The number of sulfonamides is 1. The lowest BCUT2D eigenvalue weighted by Gasteiger charge is -2.22. The summed E-state index contributed by atoms with van der Waals surface area (Å²) in [6.07, 6.45) is 1.64. The number of benzene rings is 2. The minimum Gasteiger partial charge on any atom is -0.308 e. The van der Waals surface area contributed by atoms with E-state index in [1.807, 2.05) is 79.7 Å². The summed E-state index contributed by atoms with van der Waals surface area (Å²) >= 11 is 0. The maximum Gasteiger partial charge on any atom is 0.236 e. The highest BCUT2D eigenvalue weighted by atomic mass is 35.5. The molecule has 0 heterocycles. The number of nitrogens with zero attached hydrogens (tertiary/aromatic N) is 2. The number of halogens is 1. The normalized spacial score (nSPS) is 11.8. The molecule has 2 aromatic rings. The van der Waals surface area contributed by atoms with Gasteiger partial charge in [0.1, 0.15) is 0 Å². The van der Waals surface area contributed by atoms with E-state index in [4.69, 9.17) is 0 Å². The Morgan fingerprint density at radius 2 is 1.44 bits per heavy atom. The van der Waals surface area contributed by atoms with Crippen molar-refractivity contribution in [2.75, 3.05) is 27.2 Å². The van der Waals surface area contributed by atoms with E-state index in [-0.39, 0.29) is 12.4 Å². The Labute approximate surface area is 157 Å². The SMILES string of the molecule is CN(C)CCN(Cc1ccccc1)S(=O)(=O)/C=C/c1ccccc1.Cl. The van der Waals surface area contributed by atoms with E-state index in [1.165, 1.54) is 9.71 Å². The van der Waals surface area contributed by atoms with Crippen LogP contribution in [-0.2, 0) is 16.6 Å². The van der Waals surface area contributed by atoms with Gasteiger partial charge in [-0.25, -0.2) is 8.42 Å². The van der Waals surface area contributed by atoms with Gasteiger partial charge in [0.05, 0.1) is 0 Å². The van der Waals surface area contributed by atoms with Gasteiger partial charge in [0.2, 0.25) is 10.0 Å². The van der Waals surface area contributed by atoms with Crippen LogP contribution in [0.4, 0.5) is 0 Å². The fourth-order valence-electron chi connectivity index (χ4n) is 2.21. The summed E-state index contributed by atoms with van der Waals surface area (Å²) in [4.78, 5) is 1.98. The predicted molar refractivity (Wildman–Crippen MR) is 107 cm³/mol. The molecule has 0 unspecified atom stereocenters. The fourth-order valence-corrected chi connectivity index (χ4v) is 3.38. The van der Waals surface area contributed by atoms with Crippen molar-refractivity contribution in [3.05, 3.63) is 77.2 Å². The molecule has 0 spiro atoms. The van der Waals surface area contributed by atoms with E-state index in [1.54, 1.807) is 6.08 Å². The van der Waals surface area contributed by atoms with Crippen LogP contribution in [0.3, 0.4) is 0 Å². The molecule has 0 amide bonds. The first kappa shape index (κ1) is 21.4. The minimum atomic E-state index is -3.49. The predicted octanol–water partition coefficient (Wildman–Crippen LogP) is 3.47. The largest absolute Gasteiger partial charge is 0.308 e. The zero-order chi connectivity index (χ0) is 17.4. The summed E-state index contributed by atoms with van der Waals surface area (Å²) in [7, 11) is 0.387. The van der Waals surface area contributed by atoms with Gasteiger partial charge in [-0.2, -0.15) is 4.31 Å². The van der Waals surface area contributed by atoms with Crippen LogP contribution < -0.4 is 0 Å². The lowest BCUT2D eigenvalue weighted by atomic mass is 10.2. The van der Waals surface area contributed by atoms with E-state index in [0.717, 1.165) is 11.1 Å². The molecular weight excluding hydrogens is 356 g/mol. The Hall–Kier alpha value is -1.66. The third kappa shape index (κ3) is 7.40. The van der Waals surface area contributed by atoms with Gasteiger partial charge in [-0.15, -0.1) is 12.4 Å². The van der Waals surface area contributed by atoms with Gasteiger partial charge in [0, 0.05) is 25.0 Å². The van der Waals surface area contributed by atoms with E-state index in [0.29, 0.717) is 19.6 Å². The lowest BCUT2D eigenvalue weighted by molar-refractivity contribution is 0.332. The summed E-state index contributed by atoms with van der Waals surface area (Å²) in [6, 6.07) is 19.1. The van der Waals surface area contributed by atoms with Gasteiger partial charge in [-0.3, -0.25) is 0 Å². The first-order valence-electron chi connectivity index (χ1n) is 7.89. The summed E-state index contributed by atoms with van der Waals surface area (Å²) in [5, 5.41) is 1.29. The lowest BCUT2D eigenvalue weighted by Crippen LogP contribution is -2.35. The van der Waals surface area contributed by atoms with Crippen LogP contribution in [0.15, 0.2) is 66.1 Å².